The molecule has 174 valence electrons. The summed E-state index contributed by atoms with van der Waals surface area (Å²) in [5.41, 5.74) is -0.515. The number of rotatable bonds is 10. The molecular weight excluding hydrogens is 513 g/mol. The summed E-state index contributed by atoms with van der Waals surface area (Å²) < 4.78 is 49.3. The molecule has 0 radical (unpaired) electrons. The lowest BCUT2D eigenvalue weighted by Gasteiger charge is -2.12. The zero-order valence-corrected chi connectivity index (χ0v) is 19.5. The molecule has 1 N–H and O–H groups in total. The lowest BCUT2D eigenvalue weighted by atomic mass is 10.1. The van der Waals surface area contributed by atoms with Gasteiger partial charge in [-0.15, -0.1) is 0 Å². The van der Waals surface area contributed by atoms with Crippen LogP contribution in [0, 0.1) is 0 Å². The fourth-order valence-corrected chi connectivity index (χ4v) is 3.24. The van der Waals surface area contributed by atoms with Gasteiger partial charge in [0.2, 0.25) is 5.91 Å². The molecule has 0 bridgehead atoms. The summed E-state index contributed by atoms with van der Waals surface area (Å²) in [7, 11) is 0. The Morgan fingerprint density at radius 1 is 1.06 bits per heavy atom. The van der Waals surface area contributed by atoms with Crippen LogP contribution in [0.3, 0.4) is 0 Å². The number of hydrogen-bond acceptors (Lipinski definition) is 3. The van der Waals surface area contributed by atoms with Gasteiger partial charge in [0.05, 0.1) is 28.6 Å². The molecule has 2 aromatic rings. The number of alkyl halides is 3. The molecule has 0 spiro atoms. The highest BCUT2D eigenvalue weighted by Crippen LogP contribution is 2.37. The van der Waals surface area contributed by atoms with Crippen LogP contribution >= 0.6 is 46.4 Å². The Bertz CT molecular complexity index is 941. The largest absolute Gasteiger partial charge is 0.490 e. The van der Waals surface area contributed by atoms with Gasteiger partial charge in [0.15, 0.2) is 5.75 Å². The van der Waals surface area contributed by atoms with E-state index in [0.29, 0.717) is 12.2 Å². The first-order valence-electron chi connectivity index (χ1n) is 9.25. The molecule has 0 aliphatic rings. The molecule has 1 amide bonds. The number of carbonyl (C=O) groups is 1. The van der Waals surface area contributed by atoms with Crippen molar-refractivity contribution in [2.75, 3.05) is 19.8 Å². The number of carbonyl (C=O) groups excluding carboxylic acids is 1. The second kappa shape index (κ2) is 12.4. The quantitative estimate of drug-likeness (QED) is 0.342. The van der Waals surface area contributed by atoms with Gasteiger partial charge in [-0.05, 0) is 24.1 Å². The van der Waals surface area contributed by atoms with E-state index in [4.69, 9.17) is 55.9 Å². The summed E-state index contributed by atoms with van der Waals surface area (Å²) in [4.78, 5) is 12.0. The maximum absolute atomic E-state index is 12.7. The van der Waals surface area contributed by atoms with E-state index in [2.05, 4.69) is 5.32 Å². The first-order chi connectivity index (χ1) is 15.1. The molecule has 0 atom stereocenters. The van der Waals surface area contributed by atoms with E-state index in [-0.39, 0.29) is 52.0 Å². The molecule has 4 nitrogen and oxygen atoms in total. The highest BCUT2D eigenvalue weighted by molar-refractivity contribution is 6.55. The van der Waals surface area contributed by atoms with Crippen LogP contribution in [0.1, 0.15) is 17.5 Å². The van der Waals surface area contributed by atoms with Gasteiger partial charge < -0.3 is 14.8 Å². The molecule has 11 heteroatoms. The zero-order chi connectivity index (χ0) is 23.7. The third-order valence-electron chi connectivity index (χ3n) is 3.97. The van der Waals surface area contributed by atoms with Crippen molar-refractivity contribution in [3.05, 3.63) is 68.1 Å². The number of nitrogens with one attached hydrogen (secondary N) is 1. The van der Waals surface area contributed by atoms with Crippen molar-refractivity contribution in [3.63, 3.8) is 0 Å². The number of hydrogen-bond donors (Lipinski definition) is 1. The first kappa shape index (κ1) is 26.5. The Kier molecular flexibility index (Phi) is 10.3. The summed E-state index contributed by atoms with van der Waals surface area (Å²) >= 11 is 23.3. The molecule has 0 saturated heterocycles. The summed E-state index contributed by atoms with van der Waals surface area (Å²) in [6.07, 6.45) is -2.73. The van der Waals surface area contributed by atoms with Crippen LogP contribution in [0.25, 0.3) is 0 Å². The van der Waals surface area contributed by atoms with Crippen molar-refractivity contribution in [3.8, 4) is 11.5 Å². The lowest BCUT2D eigenvalue weighted by molar-refractivity contribution is -0.137. The van der Waals surface area contributed by atoms with Gasteiger partial charge >= 0.3 is 6.18 Å². The molecule has 0 fully saturated rings. The average molecular weight is 531 g/mol. The van der Waals surface area contributed by atoms with Crippen LogP contribution in [-0.4, -0.2) is 25.7 Å². The van der Waals surface area contributed by atoms with E-state index in [1.54, 1.807) is 0 Å². The fourth-order valence-electron chi connectivity index (χ4n) is 2.54. The van der Waals surface area contributed by atoms with Gasteiger partial charge in [0.25, 0.3) is 0 Å². The van der Waals surface area contributed by atoms with Crippen LogP contribution in [0.4, 0.5) is 13.2 Å². The molecule has 0 heterocycles. The Morgan fingerprint density at radius 2 is 1.75 bits per heavy atom. The van der Waals surface area contributed by atoms with Crippen molar-refractivity contribution in [2.24, 2.45) is 0 Å². The standard InChI is InChI=1S/C21H18Cl4F3NO3/c22-16-11-15(31-8-5-18(24)25)12-17(23)20(16)32-7-2-6-29-19(30)10-13-3-1-4-14(9-13)21(26,27)28/h1,3-5,9,11-12H,2,6-8,10H2,(H,29,30). The fraction of sp³-hybridized carbons (Fsp3) is 0.286. The highest BCUT2D eigenvalue weighted by Gasteiger charge is 2.30. The molecule has 32 heavy (non-hydrogen) atoms. The summed E-state index contributed by atoms with van der Waals surface area (Å²) in [6, 6.07) is 7.70. The minimum absolute atomic E-state index is 0.0732. The van der Waals surface area contributed by atoms with Crippen LogP contribution in [0.2, 0.25) is 10.0 Å². The highest BCUT2D eigenvalue weighted by atomic mass is 35.5. The Hall–Kier alpha value is -1.80. The van der Waals surface area contributed by atoms with Gasteiger partial charge in [-0.1, -0.05) is 64.6 Å². The zero-order valence-electron chi connectivity index (χ0n) is 16.4. The first-order valence-corrected chi connectivity index (χ1v) is 10.8. The van der Waals surface area contributed by atoms with Gasteiger partial charge in [-0.3, -0.25) is 4.79 Å². The van der Waals surface area contributed by atoms with Crippen molar-refractivity contribution in [1.29, 1.82) is 0 Å². The van der Waals surface area contributed by atoms with E-state index >= 15 is 0 Å². The van der Waals surface area contributed by atoms with Gasteiger partial charge in [0.1, 0.15) is 16.8 Å². The third kappa shape index (κ3) is 8.98. The predicted molar refractivity (Wildman–Crippen MR) is 120 cm³/mol. The van der Waals surface area contributed by atoms with Gasteiger partial charge in [-0.25, -0.2) is 0 Å². The van der Waals surface area contributed by atoms with E-state index in [0.717, 1.165) is 12.1 Å². The van der Waals surface area contributed by atoms with Crippen LogP contribution < -0.4 is 14.8 Å². The Morgan fingerprint density at radius 3 is 2.38 bits per heavy atom. The van der Waals surface area contributed by atoms with Gasteiger partial charge in [-0.2, -0.15) is 13.2 Å². The summed E-state index contributed by atoms with van der Waals surface area (Å²) in [5.74, 6) is 0.273. The van der Waals surface area contributed by atoms with E-state index in [1.165, 1.54) is 30.3 Å². The molecule has 2 rings (SSSR count). The second-order valence-corrected chi connectivity index (χ2v) is 8.27. The normalized spacial score (nSPS) is 11.1. The second-order valence-electron chi connectivity index (χ2n) is 6.45. The van der Waals surface area contributed by atoms with E-state index < -0.39 is 17.6 Å². The van der Waals surface area contributed by atoms with Crippen molar-refractivity contribution in [2.45, 2.75) is 19.0 Å². The smallest absolute Gasteiger partial charge is 0.416 e. The molecule has 0 saturated carbocycles. The Balaban J connectivity index is 1.77. The maximum atomic E-state index is 12.7. The molecule has 0 unspecified atom stereocenters. The third-order valence-corrected chi connectivity index (χ3v) is 4.84. The molecule has 0 aliphatic heterocycles. The van der Waals surface area contributed by atoms with Gasteiger partial charge in [0, 0.05) is 18.7 Å². The minimum Gasteiger partial charge on any atom is -0.490 e. The lowest BCUT2D eigenvalue weighted by Crippen LogP contribution is -2.27. The topological polar surface area (TPSA) is 47.6 Å². The minimum atomic E-state index is -4.45. The number of amides is 1. The number of benzene rings is 2. The Labute approximate surface area is 203 Å². The van der Waals surface area contributed by atoms with Crippen molar-refractivity contribution in [1.82, 2.24) is 5.32 Å². The van der Waals surface area contributed by atoms with Crippen LogP contribution in [-0.2, 0) is 17.4 Å². The predicted octanol–water partition coefficient (Wildman–Crippen LogP) is 6.84. The molecule has 0 aliphatic carbocycles. The van der Waals surface area contributed by atoms with Crippen LogP contribution in [0.15, 0.2) is 47.0 Å². The maximum Gasteiger partial charge on any atom is 0.416 e. The number of halogens is 7. The summed E-state index contributed by atoms with van der Waals surface area (Å²) in [6.45, 7) is 0.600. The van der Waals surface area contributed by atoms with Crippen molar-refractivity contribution >= 4 is 52.3 Å². The van der Waals surface area contributed by atoms with Crippen LogP contribution in [0.5, 0.6) is 11.5 Å². The average Bonchev–Trinajstić information content (AvgIpc) is 2.69. The molecule has 2 aromatic carbocycles. The van der Waals surface area contributed by atoms with Crippen molar-refractivity contribution < 1.29 is 27.4 Å². The molecule has 0 aromatic heterocycles. The van der Waals surface area contributed by atoms with E-state index in [9.17, 15) is 18.0 Å². The molecular formula is C21H18Cl4F3NO3. The summed E-state index contributed by atoms with van der Waals surface area (Å²) in [5, 5.41) is 3.11. The SMILES string of the molecule is O=C(Cc1cccc(C(F)(F)F)c1)NCCCOc1c(Cl)cc(OCC=C(Cl)Cl)cc1Cl. The number of ether oxygens (including phenoxy) is 2. The monoisotopic (exact) mass is 529 g/mol. The van der Waals surface area contributed by atoms with E-state index in [1.807, 2.05) is 0 Å².